The van der Waals surface area contributed by atoms with Gasteiger partial charge in [0.25, 0.3) is 5.91 Å². The normalized spacial score (nSPS) is 26.7. The van der Waals surface area contributed by atoms with Gasteiger partial charge in [-0.05, 0) is 57.0 Å². The molecule has 0 radical (unpaired) electrons. The molecule has 2 fully saturated rings. The van der Waals surface area contributed by atoms with Crippen LogP contribution in [0.4, 0.5) is 13.2 Å². The smallest absolute Gasteiger partial charge is 0.254 e. The summed E-state index contributed by atoms with van der Waals surface area (Å²) in [5, 5.41) is 9.70. The number of hydrogen-bond acceptors (Lipinski definition) is 5. The van der Waals surface area contributed by atoms with E-state index in [0.717, 1.165) is 54.5 Å². The summed E-state index contributed by atoms with van der Waals surface area (Å²) in [4.78, 5) is 36.2. The lowest BCUT2D eigenvalue weighted by molar-refractivity contribution is -0.130. The van der Waals surface area contributed by atoms with Crippen molar-refractivity contribution >= 4 is 33.9 Å². The summed E-state index contributed by atoms with van der Waals surface area (Å²) in [6.45, 7) is 7.32. The number of nitrogens with zero attached hydrogens (tertiary/aromatic N) is 4. The molecule has 2 bridgehead atoms. The van der Waals surface area contributed by atoms with Crippen molar-refractivity contribution in [3.63, 3.8) is 0 Å². The summed E-state index contributed by atoms with van der Waals surface area (Å²) in [7, 11) is 0. The van der Waals surface area contributed by atoms with Crippen molar-refractivity contribution in [2.45, 2.75) is 103 Å². The van der Waals surface area contributed by atoms with Crippen LogP contribution < -0.4 is 16.0 Å². The summed E-state index contributed by atoms with van der Waals surface area (Å²) < 4.78 is 48.6. The third-order valence-electron chi connectivity index (χ3n) is 10.1. The number of carbonyl (C=O) groups excluding carboxylic acids is 2. The van der Waals surface area contributed by atoms with E-state index in [4.69, 9.17) is 9.97 Å². The van der Waals surface area contributed by atoms with Crippen LogP contribution in [0.15, 0.2) is 30.3 Å². The van der Waals surface area contributed by atoms with Gasteiger partial charge >= 0.3 is 0 Å². The average molecular weight is 650 g/mol. The molecule has 250 valence electrons. The summed E-state index contributed by atoms with van der Waals surface area (Å²) in [5.74, 6) is -1.01. The zero-order valence-corrected chi connectivity index (χ0v) is 27.1. The van der Waals surface area contributed by atoms with Crippen molar-refractivity contribution in [2.24, 2.45) is 5.41 Å². The van der Waals surface area contributed by atoms with Gasteiger partial charge in [-0.2, -0.15) is 0 Å². The van der Waals surface area contributed by atoms with Gasteiger partial charge in [0.1, 0.15) is 23.8 Å². The molecule has 1 aromatic carbocycles. The fourth-order valence-electron chi connectivity index (χ4n) is 7.00. The first-order chi connectivity index (χ1) is 22.5. The highest BCUT2D eigenvalue weighted by atomic mass is 19.1. The van der Waals surface area contributed by atoms with Crippen LogP contribution in [0.2, 0.25) is 0 Å². The van der Waals surface area contributed by atoms with Crippen molar-refractivity contribution in [1.29, 1.82) is 0 Å². The number of fused-ring (bicyclic) bond motifs is 2. The van der Waals surface area contributed by atoms with Gasteiger partial charge in [0.05, 0.1) is 46.1 Å². The number of nitrogens with one attached hydrogen (secondary N) is 3. The highest BCUT2D eigenvalue weighted by Crippen LogP contribution is 2.45. The van der Waals surface area contributed by atoms with Crippen molar-refractivity contribution in [3.05, 3.63) is 47.4 Å². The SMILES string of the molecule is C[C@H]1NC(=O)C(C)(C)CCCCCCn2c(-c3nc4cc(C(=O)N[C@H]5CNCC[C@@H]5F)c(F)cc4n3C3C[C@@H]3F)cc3ccc1nc32. The summed E-state index contributed by atoms with van der Waals surface area (Å²) in [6.07, 6.45) is 2.76. The number of amides is 2. The third kappa shape index (κ3) is 6.00. The Morgan fingerprint density at radius 3 is 2.62 bits per heavy atom. The lowest BCUT2D eigenvalue weighted by Crippen LogP contribution is -2.52. The second-order valence-corrected chi connectivity index (χ2v) is 14.1. The number of benzene rings is 1. The number of imidazole rings is 1. The zero-order chi connectivity index (χ0) is 33.0. The molecule has 4 aromatic rings. The van der Waals surface area contributed by atoms with E-state index in [9.17, 15) is 18.4 Å². The largest absolute Gasteiger partial charge is 0.348 e. The average Bonchev–Trinajstić information content (AvgIpc) is 3.48. The summed E-state index contributed by atoms with van der Waals surface area (Å²) >= 11 is 0. The van der Waals surface area contributed by atoms with Crippen LogP contribution in [0.3, 0.4) is 0 Å². The number of carbonyl (C=O) groups is 2. The molecule has 12 heteroatoms. The van der Waals surface area contributed by atoms with Crippen LogP contribution >= 0.6 is 0 Å². The van der Waals surface area contributed by atoms with Gasteiger partial charge < -0.3 is 25.1 Å². The highest BCUT2D eigenvalue weighted by molar-refractivity contribution is 5.98. The lowest BCUT2D eigenvalue weighted by atomic mass is 9.85. The monoisotopic (exact) mass is 649 g/mol. The fourth-order valence-corrected chi connectivity index (χ4v) is 7.00. The molecule has 47 heavy (non-hydrogen) atoms. The Kier molecular flexibility index (Phi) is 8.26. The number of aromatic nitrogens is 4. The van der Waals surface area contributed by atoms with Crippen molar-refractivity contribution in [3.8, 4) is 11.5 Å². The maximum atomic E-state index is 15.6. The van der Waals surface area contributed by atoms with Crippen LogP contribution in [0, 0.1) is 11.2 Å². The Labute approximate surface area is 271 Å². The molecule has 1 aliphatic carbocycles. The first-order valence-corrected chi connectivity index (χ1v) is 16.8. The summed E-state index contributed by atoms with van der Waals surface area (Å²) in [6, 6.07) is 6.90. The van der Waals surface area contributed by atoms with Crippen LogP contribution in [-0.4, -0.2) is 62.4 Å². The molecule has 1 unspecified atom stereocenters. The molecule has 9 nitrogen and oxygen atoms in total. The van der Waals surface area contributed by atoms with Gasteiger partial charge in [-0.15, -0.1) is 0 Å². The van der Waals surface area contributed by atoms with Crippen molar-refractivity contribution < 1.29 is 22.8 Å². The molecule has 0 spiro atoms. The Hall–Kier alpha value is -3.93. The van der Waals surface area contributed by atoms with E-state index in [0.29, 0.717) is 29.9 Å². The topological polar surface area (TPSA) is 106 Å². The number of halogens is 3. The van der Waals surface area contributed by atoms with Gasteiger partial charge in [-0.3, -0.25) is 9.59 Å². The Bertz CT molecular complexity index is 1850. The molecular weight excluding hydrogens is 607 g/mol. The molecule has 3 aromatic heterocycles. The molecule has 5 heterocycles. The van der Waals surface area contributed by atoms with Crippen molar-refractivity contribution in [2.75, 3.05) is 13.1 Å². The summed E-state index contributed by atoms with van der Waals surface area (Å²) in [5.41, 5.74) is 2.23. The Morgan fingerprint density at radius 1 is 1.06 bits per heavy atom. The minimum atomic E-state index is -1.22. The molecule has 2 amide bonds. The molecule has 3 aliphatic rings. The predicted molar refractivity (Wildman–Crippen MR) is 174 cm³/mol. The predicted octanol–water partition coefficient (Wildman–Crippen LogP) is 6.07. The van der Waals surface area contributed by atoms with E-state index >= 15 is 4.39 Å². The number of piperidine rings is 1. The second kappa shape index (κ2) is 12.3. The number of pyridine rings is 1. The maximum Gasteiger partial charge on any atom is 0.254 e. The zero-order valence-electron chi connectivity index (χ0n) is 27.1. The molecule has 5 atom stereocenters. The van der Waals surface area contributed by atoms with Crippen molar-refractivity contribution in [1.82, 2.24) is 35.1 Å². The second-order valence-electron chi connectivity index (χ2n) is 14.1. The number of alkyl halides is 2. The van der Waals surface area contributed by atoms with E-state index in [1.165, 1.54) is 12.1 Å². The van der Waals surface area contributed by atoms with E-state index in [2.05, 4.69) is 20.5 Å². The Morgan fingerprint density at radius 2 is 1.85 bits per heavy atom. The molecular formula is C35H42F3N7O2. The lowest BCUT2D eigenvalue weighted by Gasteiger charge is -2.27. The third-order valence-corrected chi connectivity index (χ3v) is 10.1. The van der Waals surface area contributed by atoms with Crippen LogP contribution in [0.5, 0.6) is 0 Å². The first-order valence-electron chi connectivity index (χ1n) is 16.8. The van der Waals surface area contributed by atoms with Gasteiger partial charge in [0.2, 0.25) is 5.91 Å². The Balaban J connectivity index is 1.31. The van der Waals surface area contributed by atoms with Gasteiger partial charge in [-0.25, -0.2) is 23.1 Å². The van der Waals surface area contributed by atoms with Gasteiger partial charge in [-0.1, -0.05) is 33.1 Å². The fraction of sp³-hybridized carbons (Fsp3) is 0.543. The number of aryl methyl sites for hydroxylation is 1. The molecule has 3 N–H and O–H groups in total. The number of hydrogen-bond donors (Lipinski definition) is 3. The highest BCUT2D eigenvalue weighted by Gasteiger charge is 2.42. The van der Waals surface area contributed by atoms with Gasteiger partial charge in [0.15, 0.2) is 5.82 Å². The minimum Gasteiger partial charge on any atom is -0.348 e. The standard InChI is InChI=1S/C35H42F3N7O2/c1-19-25-9-8-20-14-30(44(31(20)41-25)13-7-5-4-6-11-35(2,3)34(47)40-19)32-42-26-15-21(33(46)43-27-18-39-12-10-22(27)36)23(37)16-29(26)45(32)28-17-24(28)38/h8-9,14-16,19,22,24,27-28,39H,4-7,10-13,17-18H2,1-3H3,(H,40,47)(H,43,46)/t19-,22+,24+,27+,28?/m1/s1. The molecule has 7 rings (SSSR count). The number of rotatable bonds is 4. The quantitative estimate of drug-likeness (QED) is 0.249. The van der Waals surface area contributed by atoms with Crippen LogP contribution in [0.1, 0.15) is 93.9 Å². The minimum absolute atomic E-state index is 0.000780. The molecule has 1 saturated carbocycles. The van der Waals surface area contributed by atoms with Crippen LogP contribution in [-0.2, 0) is 11.3 Å². The maximum absolute atomic E-state index is 15.6. The van der Waals surface area contributed by atoms with E-state index < -0.39 is 41.6 Å². The molecule has 1 saturated heterocycles. The molecule has 2 aliphatic heterocycles. The van der Waals surface area contributed by atoms with E-state index in [1.54, 1.807) is 4.57 Å². The van der Waals surface area contributed by atoms with Gasteiger partial charge in [0, 0.05) is 36.4 Å². The first kappa shape index (κ1) is 31.7. The van der Waals surface area contributed by atoms with E-state index in [-0.39, 0.29) is 36.9 Å². The van der Waals surface area contributed by atoms with E-state index in [1.807, 2.05) is 39.0 Å². The van der Waals surface area contributed by atoms with Crippen LogP contribution in [0.25, 0.3) is 33.6 Å².